The molecule has 6 aromatic carbocycles. The lowest BCUT2D eigenvalue weighted by Crippen LogP contribution is -2.26. The third-order valence-electron chi connectivity index (χ3n) is 13.7. The van der Waals surface area contributed by atoms with Gasteiger partial charge >= 0.3 is 0 Å². The Balaban J connectivity index is 0.000000132. The molecular weight excluding hydrogens is 1040 g/mol. The highest BCUT2D eigenvalue weighted by Crippen LogP contribution is 2.26. The number of amides is 4. The van der Waals surface area contributed by atoms with Gasteiger partial charge < -0.3 is 0 Å². The van der Waals surface area contributed by atoms with Crippen LogP contribution in [0.2, 0.25) is 0 Å². The zero-order chi connectivity index (χ0) is 56.9. The fourth-order valence-corrected chi connectivity index (χ4v) is 11.1. The zero-order valence-electron chi connectivity index (χ0n) is 45.0. The summed E-state index contributed by atoms with van der Waals surface area (Å²) in [6.07, 6.45) is 17.9. The Hall–Kier alpha value is -10.1. The Kier molecular flexibility index (Phi) is 19.5. The van der Waals surface area contributed by atoms with Gasteiger partial charge in [-0.1, -0.05) is 133 Å². The molecular formula is C66H60N10O5S. The van der Waals surface area contributed by atoms with Crippen molar-refractivity contribution < 1.29 is 23.4 Å². The van der Waals surface area contributed by atoms with Gasteiger partial charge in [0, 0.05) is 86.4 Å². The summed E-state index contributed by atoms with van der Waals surface area (Å²) in [6.45, 7) is 0. The Morgan fingerprint density at radius 1 is 0.402 bits per heavy atom. The summed E-state index contributed by atoms with van der Waals surface area (Å²) < 4.78 is 12.5. The molecule has 0 saturated heterocycles. The minimum atomic E-state index is -2.26. The molecule has 0 bridgehead atoms. The molecule has 410 valence electrons. The number of aromatic nitrogens is 2. The van der Waals surface area contributed by atoms with Crippen LogP contribution in [0.1, 0.15) is 112 Å². The second-order valence-corrected chi connectivity index (χ2v) is 21.7. The molecule has 8 aromatic rings. The van der Waals surface area contributed by atoms with E-state index < -0.39 is 9.52 Å². The average molecular weight is 1110 g/mol. The summed E-state index contributed by atoms with van der Waals surface area (Å²) >= 11 is 0. The van der Waals surface area contributed by atoms with Gasteiger partial charge in [-0.15, -0.1) is 0 Å². The maximum Gasteiger partial charge on any atom is 0.271 e. The van der Waals surface area contributed by atoms with Crippen molar-refractivity contribution in [1.29, 1.82) is 0 Å². The molecule has 1 atom stereocenters. The molecule has 12 rings (SSSR count). The van der Waals surface area contributed by atoms with Crippen molar-refractivity contribution >= 4 is 61.9 Å². The highest BCUT2D eigenvalue weighted by molar-refractivity contribution is 8.00. The van der Waals surface area contributed by atoms with E-state index >= 15 is 0 Å². The van der Waals surface area contributed by atoms with Crippen LogP contribution in [0.25, 0.3) is 0 Å². The maximum absolute atomic E-state index is 12.5. The topological polar surface area (TPSA) is 209 Å². The van der Waals surface area contributed by atoms with E-state index in [0.29, 0.717) is 39.3 Å². The molecule has 0 fully saturated rings. The first kappa shape index (κ1) is 56.7. The normalized spacial score (nSPS) is 17.2. The molecule has 82 heavy (non-hydrogen) atoms. The number of hydrogen-bond donors (Lipinski definition) is 4. The van der Waals surface area contributed by atoms with Gasteiger partial charge in [0.1, 0.15) is 0 Å². The molecule has 4 N–H and O–H groups in total. The molecule has 0 saturated carbocycles. The number of carbonyl (C=O) groups excluding carboxylic acids is 4. The molecule has 0 spiro atoms. The van der Waals surface area contributed by atoms with Crippen molar-refractivity contribution in [1.82, 2.24) is 31.7 Å². The smallest absolute Gasteiger partial charge is 0.267 e. The lowest BCUT2D eigenvalue weighted by molar-refractivity contribution is 0.0946. The fraction of sp³-hybridized carbons (Fsp3) is 0.136. The van der Waals surface area contributed by atoms with Crippen LogP contribution in [-0.4, -0.2) is 72.3 Å². The van der Waals surface area contributed by atoms with E-state index in [2.05, 4.69) is 88.3 Å². The van der Waals surface area contributed by atoms with Crippen LogP contribution < -0.4 is 21.7 Å². The van der Waals surface area contributed by atoms with Gasteiger partial charge in [-0.2, -0.15) is 20.4 Å². The van der Waals surface area contributed by atoms with Crippen LogP contribution in [0.15, 0.2) is 244 Å². The van der Waals surface area contributed by atoms with Crippen molar-refractivity contribution in [2.45, 2.75) is 56.3 Å². The lowest BCUT2D eigenvalue weighted by Gasteiger charge is -2.21. The summed E-state index contributed by atoms with van der Waals surface area (Å²) in [5, 5.41) is 17.1. The highest BCUT2D eigenvalue weighted by atomic mass is 32.2. The molecule has 16 heteroatoms. The van der Waals surface area contributed by atoms with E-state index in [1.165, 1.54) is 16.7 Å². The quantitative estimate of drug-likeness (QED) is 0.0854. The van der Waals surface area contributed by atoms with Crippen LogP contribution in [0.3, 0.4) is 0 Å². The van der Waals surface area contributed by atoms with Crippen molar-refractivity contribution in [2.75, 3.05) is 5.75 Å². The zero-order valence-corrected chi connectivity index (χ0v) is 45.8. The molecule has 1 aliphatic heterocycles. The average Bonchev–Trinajstić information content (AvgIpc) is 3.57. The second-order valence-electron chi connectivity index (χ2n) is 19.2. The van der Waals surface area contributed by atoms with Gasteiger partial charge in [-0.05, 0) is 138 Å². The Morgan fingerprint density at radius 2 is 0.780 bits per heavy atom. The summed E-state index contributed by atoms with van der Waals surface area (Å²) in [5.41, 5.74) is 24.2. The molecule has 15 nitrogen and oxygen atoms in total. The van der Waals surface area contributed by atoms with Gasteiger partial charge in [0.05, 0.1) is 22.8 Å². The molecule has 4 amide bonds. The molecule has 3 heterocycles. The number of fused-ring (bicyclic) bond motifs is 4. The number of allylic oxidation sites excluding steroid dienone is 2. The number of carbonyl (C=O) groups is 4. The Morgan fingerprint density at radius 3 is 1.27 bits per heavy atom. The minimum Gasteiger partial charge on any atom is -0.267 e. The van der Waals surface area contributed by atoms with E-state index in [9.17, 15) is 23.4 Å². The lowest BCUT2D eigenvalue weighted by atomic mass is 9.90. The Bertz CT molecular complexity index is 3710. The number of nitrogens with zero attached hydrogens (tertiary/aromatic N) is 6. The monoisotopic (exact) mass is 1100 g/mol. The standard InChI is InChI=1S/C17H16N2O2S.C17H16N2O.C16H15N3O.C16H13N3O/c1-22(21)12-11-15(14-9-5-6-10-16(14)22)18-19-17(20)13-7-3-2-4-8-13;20-17(14-8-2-1-3-9-14)19-18-16-12-6-10-13-7-4-5-11-15(13)16;2*20-16(13-8-10-17-11-9-13)19-18-15-7-3-5-12-4-1-2-6-14(12)15/h2-10H,1,11-12H2,(H,19,20);1-5,7-9,11H,6,10,12H2,(H,19,20);1-2,4,6,8-11H,3,5,7H2,(H,19,20);1-4,6-11H,5H2,(H,19,20)/b18-15+;18-16+;2*18-15+. The van der Waals surface area contributed by atoms with E-state index in [1.54, 1.807) is 85.5 Å². The summed E-state index contributed by atoms with van der Waals surface area (Å²) in [6, 6.07) is 56.6. The van der Waals surface area contributed by atoms with Crippen molar-refractivity contribution in [3.8, 4) is 0 Å². The molecule has 1 unspecified atom stereocenters. The SMILES string of the molecule is C=S1(=O)CC/C(=N\NC(=O)c2ccccc2)c2ccccc21.O=C(N/N=C1\C=CCc2ccccc21)c1ccncc1.O=C(N/N=C1\CCCc2ccccc21)c1ccccc1.O=C(N/N=C1\CCCc2ccccc21)c1ccncc1. The summed E-state index contributed by atoms with van der Waals surface area (Å²) in [7, 11) is -2.26. The van der Waals surface area contributed by atoms with E-state index in [4.69, 9.17) is 0 Å². The maximum atomic E-state index is 12.5. The van der Waals surface area contributed by atoms with Crippen LogP contribution in [0.5, 0.6) is 0 Å². The third-order valence-corrected chi connectivity index (χ3v) is 15.7. The number of benzene rings is 6. The first-order chi connectivity index (χ1) is 40.1. The molecule has 0 radical (unpaired) electrons. The van der Waals surface area contributed by atoms with E-state index in [1.807, 2.05) is 103 Å². The van der Waals surface area contributed by atoms with Crippen LogP contribution in [0.4, 0.5) is 0 Å². The van der Waals surface area contributed by atoms with Gasteiger partial charge in [0.15, 0.2) is 0 Å². The highest BCUT2D eigenvalue weighted by Gasteiger charge is 2.24. The van der Waals surface area contributed by atoms with E-state index in [0.717, 1.165) is 90.0 Å². The largest absolute Gasteiger partial charge is 0.271 e. The second kappa shape index (κ2) is 28.2. The van der Waals surface area contributed by atoms with Gasteiger partial charge in [-0.3, -0.25) is 33.4 Å². The van der Waals surface area contributed by atoms with Crippen molar-refractivity contribution in [3.05, 3.63) is 280 Å². The van der Waals surface area contributed by atoms with Gasteiger partial charge in [0.25, 0.3) is 23.6 Å². The summed E-state index contributed by atoms with van der Waals surface area (Å²) in [4.78, 5) is 56.4. The van der Waals surface area contributed by atoms with Crippen molar-refractivity contribution in [3.63, 3.8) is 0 Å². The predicted octanol–water partition coefficient (Wildman–Crippen LogP) is 10.3. The Labute approximate surface area is 477 Å². The number of pyridine rings is 2. The number of hydrogen-bond acceptors (Lipinski definition) is 11. The number of hydrazone groups is 4. The molecule has 3 aliphatic carbocycles. The van der Waals surface area contributed by atoms with Crippen molar-refractivity contribution in [2.24, 2.45) is 20.4 Å². The first-order valence-electron chi connectivity index (χ1n) is 26.9. The molecule has 2 aromatic heterocycles. The van der Waals surface area contributed by atoms with Crippen LogP contribution in [0, 0.1) is 0 Å². The van der Waals surface area contributed by atoms with E-state index in [-0.39, 0.29) is 23.6 Å². The fourth-order valence-electron chi connectivity index (χ4n) is 9.43. The van der Waals surface area contributed by atoms with Gasteiger partial charge in [0.2, 0.25) is 0 Å². The van der Waals surface area contributed by atoms with Crippen LogP contribution >= 0.6 is 0 Å². The third kappa shape index (κ3) is 15.2. The number of nitrogens with one attached hydrogen (secondary N) is 4. The minimum absolute atomic E-state index is 0.166. The molecule has 4 aliphatic rings. The first-order valence-corrected chi connectivity index (χ1v) is 28.8. The summed E-state index contributed by atoms with van der Waals surface area (Å²) in [5.74, 6) is 3.41. The number of aryl methyl sites for hydroxylation is 2. The number of rotatable bonds is 8. The van der Waals surface area contributed by atoms with Gasteiger partial charge in [-0.25, -0.2) is 21.7 Å². The predicted molar refractivity (Wildman–Crippen MR) is 325 cm³/mol. The van der Waals surface area contributed by atoms with Crippen LogP contribution in [-0.2, 0) is 28.8 Å².